The standard InChI is InChI=1S/C22H32N6O8S/c23-13(5-7-17(24)30)19(32)28-16(10-37)21(34)26-14(6-8-18(25)31)20(33)27-15(22(35)36)9-11-1-3-12(29)4-2-11/h1-4,13-16,29,37H,5-10,23H2,(H2,24,30)(H2,25,31)(H,26,34)(H,27,33)(H,28,32)(H,35,36). The second-order valence-corrected chi connectivity index (χ2v) is 8.56. The molecule has 0 bridgehead atoms. The van der Waals surface area contributed by atoms with Crippen LogP contribution in [0.25, 0.3) is 0 Å². The molecule has 0 aliphatic heterocycles. The average Bonchev–Trinajstić information content (AvgIpc) is 2.83. The van der Waals surface area contributed by atoms with Crippen LogP contribution < -0.4 is 33.2 Å². The van der Waals surface area contributed by atoms with Gasteiger partial charge in [0.15, 0.2) is 0 Å². The molecule has 5 amide bonds. The van der Waals surface area contributed by atoms with E-state index in [9.17, 15) is 39.0 Å². The lowest BCUT2D eigenvalue weighted by atomic mass is 10.0. The van der Waals surface area contributed by atoms with Crippen LogP contribution in [0.4, 0.5) is 0 Å². The minimum Gasteiger partial charge on any atom is -0.508 e. The molecule has 4 atom stereocenters. The Bertz CT molecular complexity index is 990. The molecule has 204 valence electrons. The van der Waals surface area contributed by atoms with Gasteiger partial charge in [-0.2, -0.15) is 12.6 Å². The highest BCUT2D eigenvalue weighted by atomic mass is 32.1. The summed E-state index contributed by atoms with van der Waals surface area (Å²) in [6, 6.07) is 0.544. The van der Waals surface area contributed by atoms with Crippen LogP contribution in [-0.2, 0) is 35.2 Å². The van der Waals surface area contributed by atoms with Gasteiger partial charge in [-0.15, -0.1) is 0 Å². The number of carboxylic acids is 1. The second kappa shape index (κ2) is 15.3. The number of aromatic hydroxyl groups is 1. The Morgan fingerprint density at radius 2 is 1.27 bits per heavy atom. The number of rotatable bonds is 16. The van der Waals surface area contributed by atoms with E-state index in [1.807, 2.05) is 0 Å². The lowest BCUT2D eigenvalue weighted by Crippen LogP contribution is -2.58. The molecule has 11 N–H and O–H groups in total. The topological polar surface area (TPSA) is 257 Å². The number of carbonyl (C=O) groups is 6. The summed E-state index contributed by atoms with van der Waals surface area (Å²) in [6.45, 7) is 0. The van der Waals surface area contributed by atoms with E-state index in [0.717, 1.165) is 0 Å². The highest BCUT2D eigenvalue weighted by Gasteiger charge is 2.30. The van der Waals surface area contributed by atoms with E-state index in [0.29, 0.717) is 5.56 Å². The summed E-state index contributed by atoms with van der Waals surface area (Å²) in [5.74, 6) is -5.48. The van der Waals surface area contributed by atoms with Gasteiger partial charge in [0.1, 0.15) is 23.9 Å². The zero-order valence-electron chi connectivity index (χ0n) is 19.9. The van der Waals surface area contributed by atoms with Crippen molar-refractivity contribution in [3.8, 4) is 5.75 Å². The molecule has 15 heteroatoms. The molecule has 1 aromatic rings. The SMILES string of the molecule is NC(=O)CCC(N)C(=O)NC(CS)C(=O)NC(CCC(N)=O)C(=O)NC(Cc1ccc(O)cc1)C(=O)O. The van der Waals surface area contributed by atoms with Crippen LogP contribution in [0.1, 0.15) is 31.2 Å². The van der Waals surface area contributed by atoms with Gasteiger partial charge < -0.3 is 43.4 Å². The Morgan fingerprint density at radius 1 is 0.784 bits per heavy atom. The zero-order valence-corrected chi connectivity index (χ0v) is 20.8. The molecule has 0 heterocycles. The lowest BCUT2D eigenvalue weighted by molar-refractivity contribution is -0.142. The van der Waals surface area contributed by atoms with Crippen molar-refractivity contribution in [1.29, 1.82) is 0 Å². The molecule has 0 spiro atoms. The van der Waals surface area contributed by atoms with Gasteiger partial charge in [0.25, 0.3) is 0 Å². The number of thiol groups is 1. The van der Waals surface area contributed by atoms with Crippen molar-refractivity contribution in [3.05, 3.63) is 29.8 Å². The minimum absolute atomic E-state index is 0.0199. The van der Waals surface area contributed by atoms with Gasteiger partial charge in [0, 0.05) is 25.0 Å². The Morgan fingerprint density at radius 3 is 1.78 bits per heavy atom. The van der Waals surface area contributed by atoms with Crippen LogP contribution >= 0.6 is 12.6 Å². The first-order valence-electron chi connectivity index (χ1n) is 11.2. The van der Waals surface area contributed by atoms with Gasteiger partial charge in [0.2, 0.25) is 29.5 Å². The van der Waals surface area contributed by atoms with Crippen molar-refractivity contribution in [2.24, 2.45) is 17.2 Å². The summed E-state index contributed by atoms with van der Waals surface area (Å²) in [6.07, 6.45) is -0.871. The van der Waals surface area contributed by atoms with Crippen molar-refractivity contribution in [2.45, 2.75) is 56.3 Å². The number of amides is 5. The number of primary amides is 2. The maximum Gasteiger partial charge on any atom is 0.326 e. The zero-order chi connectivity index (χ0) is 28.1. The molecule has 37 heavy (non-hydrogen) atoms. The smallest absolute Gasteiger partial charge is 0.326 e. The van der Waals surface area contributed by atoms with Crippen LogP contribution in [0, 0.1) is 0 Å². The van der Waals surface area contributed by atoms with Crippen molar-refractivity contribution < 1.29 is 39.0 Å². The van der Waals surface area contributed by atoms with Gasteiger partial charge in [0.05, 0.1) is 6.04 Å². The third-order valence-corrected chi connectivity index (χ3v) is 5.52. The van der Waals surface area contributed by atoms with Gasteiger partial charge >= 0.3 is 5.97 Å². The number of hydrogen-bond donors (Lipinski definition) is 9. The summed E-state index contributed by atoms with van der Waals surface area (Å²) >= 11 is 4.03. The Balaban J connectivity index is 2.93. The first-order chi connectivity index (χ1) is 17.3. The van der Waals surface area contributed by atoms with E-state index >= 15 is 0 Å². The van der Waals surface area contributed by atoms with Crippen molar-refractivity contribution >= 4 is 48.1 Å². The predicted octanol–water partition coefficient (Wildman–Crippen LogP) is -2.74. The molecule has 0 radical (unpaired) electrons. The first kappa shape index (κ1) is 31.2. The monoisotopic (exact) mass is 540 g/mol. The summed E-state index contributed by atoms with van der Waals surface area (Å²) in [4.78, 5) is 71.8. The molecule has 1 rings (SSSR count). The van der Waals surface area contributed by atoms with Crippen molar-refractivity contribution in [1.82, 2.24) is 16.0 Å². The summed E-state index contributed by atoms with van der Waals surface area (Å²) in [5, 5.41) is 26.0. The van der Waals surface area contributed by atoms with E-state index in [2.05, 4.69) is 28.6 Å². The van der Waals surface area contributed by atoms with Gasteiger partial charge in [-0.25, -0.2) is 4.79 Å². The molecule has 0 aliphatic carbocycles. The van der Waals surface area contributed by atoms with E-state index in [1.54, 1.807) is 0 Å². The maximum absolute atomic E-state index is 12.9. The second-order valence-electron chi connectivity index (χ2n) is 8.19. The van der Waals surface area contributed by atoms with E-state index in [-0.39, 0.29) is 43.6 Å². The highest BCUT2D eigenvalue weighted by Crippen LogP contribution is 2.12. The highest BCUT2D eigenvalue weighted by molar-refractivity contribution is 7.80. The molecular formula is C22H32N6O8S. The molecule has 14 nitrogen and oxygen atoms in total. The summed E-state index contributed by atoms with van der Waals surface area (Å²) in [5.41, 5.74) is 16.4. The number of nitrogens with two attached hydrogens (primary N) is 3. The molecule has 4 unspecified atom stereocenters. The Hall–Kier alpha value is -3.85. The fourth-order valence-corrected chi connectivity index (χ4v) is 3.33. The number of phenolic OH excluding ortho intramolecular Hbond substituents is 1. The average molecular weight is 541 g/mol. The quantitative estimate of drug-likeness (QED) is 0.0984. The van der Waals surface area contributed by atoms with Crippen LogP contribution in [0.3, 0.4) is 0 Å². The maximum atomic E-state index is 12.9. The molecule has 1 aromatic carbocycles. The van der Waals surface area contributed by atoms with Crippen LogP contribution in [0.5, 0.6) is 5.75 Å². The van der Waals surface area contributed by atoms with Crippen molar-refractivity contribution in [2.75, 3.05) is 5.75 Å². The molecule has 0 fully saturated rings. The molecule has 0 aromatic heterocycles. The number of benzene rings is 1. The Labute approximate surface area is 218 Å². The van der Waals surface area contributed by atoms with Gasteiger partial charge in [-0.3, -0.25) is 24.0 Å². The summed E-state index contributed by atoms with van der Waals surface area (Å²) in [7, 11) is 0. The van der Waals surface area contributed by atoms with Gasteiger partial charge in [-0.05, 0) is 30.5 Å². The first-order valence-corrected chi connectivity index (χ1v) is 11.8. The van der Waals surface area contributed by atoms with E-state index < -0.39 is 59.7 Å². The van der Waals surface area contributed by atoms with Gasteiger partial charge in [-0.1, -0.05) is 12.1 Å². The largest absolute Gasteiger partial charge is 0.508 e. The fraction of sp³-hybridized carbons (Fsp3) is 0.455. The van der Waals surface area contributed by atoms with E-state index in [4.69, 9.17) is 17.2 Å². The number of aliphatic carboxylic acids is 1. The number of hydrogen-bond acceptors (Lipinski definition) is 9. The van der Waals surface area contributed by atoms with Crippen LogP contribution in [0.2, 0.25) is 0 Å². The molecule has 0 saturated heterocycles. The summed E-state index contributed by atoms with van der Waals surface area (Å²) < 4.78 is 0. The number of carbonyl (C=O) groups excluding carboxylic acids is 5. The van der Waals surface area contributed by atoms with E-state index in [1.165, 1.54) is 24.3 Å². The van der Waals surface area contributed by atoms with Crippen molar-refractivity contribution in [3.63, 3.8) is 0 Å². The molecule has 0 saturated carbocycles. The molecule has 0 aliphatic rings. The Kier molecular flexibility index (Phi) is 12.9. The third-order valence-electron chi connectivity index (χ3n) is 5.16. The lowest BCUT2D eigenvalue weighted by Gasteiger charge is -2.24. The minimum atomic E-state index is -1.39. The number of carboxylic acid groups (broad SMARTS) is 1. The number of nitrogens with one attached hydrogen (secondary N) is 3. The molecular weight excluding hydrogens is 508 g/mol. The number of phenols is 1. The van der Waals surface area contributed by atoms with Crippen LogP contribution in [0.15, 0.2) is 24.3 Å². The normalized spacial score (nSPS) is 13.9. The third kappa shape index (κ3) is 11.6. The van der Waals surface area contributed by atoms with Crippen LogP contribution in [-0.4, -0.2) is 75.6 Å². The fourth-order valence-electron chi connectivity index (χ4n) is 3.07. The predicted molar refractivity (Wildman–Crippen MR) is 134 cm³/mol.